The van der Waals surface area contributed by atoms with Crippen LogP contribution in [0.5, 0.6) is 23.0 Å². The van der Waals surface area contributed by atoms with Crippen LogP contribution in [0.25, 0.3) is 33.4 Å². The van der Waals surface area contributed by atoms with Gasteiger partial charge in [0.15, 0.2) is 0 Å². The molecule has 0 radical (unpaired) electrons. The average Bonchev–Trinajstić information content (AvgIpc) is 3.94. The minimum Gasteiger partial charge on any atom is -0.457 e. The van der Waals surface area contributed by atoms with E-state index in [0.29, 0.717) is 0 Å². The van der Waals surface area contributed by atoms with Crippen LogP contribution in [0.1, 0.15) is 68.1 Å². The van der Waals surface area contributed by atoms with Crippen LogP contribution in [0.4, 0.5) is 17.1 Å². The Morgan fingerprint density at radius 1 is 0.284 bits per heavy atom. The molecule has 3 aliphatic heterocycles. The lowest BCUT2D eigenvalue weighted by Crippen LogP contribution is -2.34. The molecule has 0 amide bonds. The molecule has 2 atom stereocenters. The summed E-state index contributed by atoms with van der Waals surface area (Å²) in [7, 11) is 0. The van der Waals surface area contributed by atoms with E-state index in [1.807, 2.05) is 0 Å². The summed E-state index contributed by atoms with van der Waals surface area (Å²) in [5.41, 5.74) is 22.6. The summed E-state index contributed by atoms with van der Waals surface area (Å²) in [5.74, 6) is 3.64. The summed E-state index contributed by atoms with van der Waals surface area (Å²) in [6.45, 7) is 2.42. The highest BCUT2D eigenvalue weighted by Gasteiger charge is 2.55. The second kappa shape index (κ2) is 12.3. The largest absolute Gasteiger partial charge is 0.457 e. The average molecular weight is 854 g/mol. The molecule has 10 aromatic rings. The Labute approximate surface area is 388 Å². The number of benzene rings is 10. The summed E-state index contributed by atoms with van der Waals surface area (Å²) >= 11 is 0. The monoisotopic (exact) mass is 853 g/mol. The summed E-state index contributed by atoms with van der Waals surface area (Å²) in [6.07, 6.45) is 0. The summed E-state index contributed by atoms with van der Waals surface area (Å²) in [5, 5.41) is 0. The molecule has 10 aromatic carbocycles. The lowest BCUT2D eigenvalue weighted by molar-refractivity contribution is 0.424. The number of fused-ring (bicyclic) bond motifs is 18. The van der Waals surface area contributed by atoms with Crippen LogP contribution in [0.15, 0.2) is 218 Å². The number of hydrogen-bond donors (Lipinski definition) is 0. The maximum absolute atomic E-state index is 7.31. The molecule has 67 heavy (non-hydrogen) atoms. The molecule has 3 heterocycles. The topological polar surface area (TPSA) is 21.7 Å². The Morgan fingerprint density at radius 2 is 0.687 bits per heavy atom. The van der Waals surface area contributed by atoms with Gasteiger partial charge < -0.3 is 14.4 Å². The fraction of sp³-hybridized carbons (Fsp3) is 0.0625. The third-order valence-corrected chi connectivity index (χ3v) is 16.4. The van der Waals surface area contributed by atoms with E-state index in [4.69, 9.17) is 9.47 Å². The first-order valence-corrected chi connectivity index (χ1v) is 23.4. The number of anilines is 3. The van der Waals surface area contributed by atoms with Gasteiger partial charge in [0.05, 0.1) is 10.8 Å². The molecule has 2 spiro atoms. The van der Waals surface area contributed by atoms with Gasteiger partial charge in [-0.15, -0.1) is 0 Å². The molecule has 16 rings (SSSR count). The highest BCUT2D eigenvalue weighted by molar-refractivity contribution is 5.96. The molecule has 0 N–H and O–H groups in total. The molecule has 8 bridgehead atoms. The summed E-state index contributed by atoms with van der Waals surface area (Å²) < 4.78 is 14.0. The van der Waals surface area contributed by atoms with Crippen LogP contribution in [0.2, 0.25) is 0 Å². The molecule has 6 aliphatic rings. The molecule has 3 heteroatoms. The highest BCUT2D eigenvalue weighted by atomic mass is 16.5. The van der Waals surface area contributed by atoms with E-state index < -0.39 is 16.2 Å². The van der Waals surface area contributed by atoms with E-state index in [0.717, 1.165) is 40.1 Å². The molecule has 2 unspecified atom stereocenters. The van der Waals surface area contributed by atoms with E-state index in [2.05, 4.69) is 230 Å². The Morgan fingerprint density at radius 3 is 1.33 bits per heavy atom. The third kappa shape index (κ3) is 4.09. The number of para-hydroxylation sites is 4. The van der Waals surface area contributed by atoms with E-state index >= 15 is 0 Å². The van der Waals surface area contributed by atoms with Gasteiger partial charge in [-0.3, -0.25) is 0 Å². The normalized spacial score (nSPS) is 19.0. The number of hydrogen-bond acceptors (Lipinski definition) is 3. The second-order valence-corrected chi connectivity index (χ2v) is 19.2. The quantitative estimate of drug-likeness (QED) is 0.164. The maximum Gasteiger partial charge on any atom is 0.136 e. The van der Waals surface area contributed by atoms with Crippen LogP contribution in [0, 0.1) is 0 Å². The van der Waals surface area contributed by atoms with Gasteiger partial charge in [0.1, 0.15) is 23.0 Å². The molecule has 312 valence electrons. The SMILES string of the molecule is CC12c3ccccc3-c3ccc(cc31)N(c1ccc3c(c1)-c1ccccc1C31c3ccccc3Oc3ccccc31)c1ccc3c(c1)C1(c4ccccc4Oc4c2cccc41)c1ccccc1-3. The fourth-order valence-corrected chi connectivity index (χ4v) is 13.8. The molecular formula is C64H39NO2. The Bertz CT molecular complexity index is 3830. The summed E-state index contributed by atoms with van der Waals surface area (Å²) in [4.78, 5) is 2.52. The Balaban J connectivity index is 1.03. The van der Waals surface area contributed by atoms with Crippen molar-refractivity contribution in [2.45, 2.75) is 23.2 Å². The zero-order chi connectivity index (χ0) is 43.8. The minimum atomic E-state index is -0.634. The number of nitrogens with zero attached hydrogens (tertiary/aromatic N) is 1. The first-order valence-electron chi connectivity index (χ1n) is 23.4. The van der Waals surface area contributed by atoms with Crippen molar-refractivity contribution in [1.82, 2.24) is 0 Å². The van der Waals surface area contributed by atoms with Crippen LogP contribution in [-0.4, -0.2) is 0 Å². The van der Waals surface area contributed by atoms with E-state index in [1.54, 1.807) is 0 Å². The van der Waals surface area contributed by atoms with Gasteiger partial charge >= 0.3 is 0 Å². The Kier molecular flexibility index (Phi) is 6.58. The van der Waals surface area contributed by atoms with Gasteiger partial charge in [0.2, 0.25) is 0 Å². The van der Waals surface area contributed by atoms with Gasteiger partial charge in [-0.05, 0) is 128 Å². The Hall–Kier alpha value is -8.40. The maximum atomic E-state index is 7.31. The van der Waals surface area contributed by atoms with Crippen molar-refractivity contribution in [1.29, 1.82) is 0 Å². The lowest BCUT2D eigenvalue weighted by Gasteiger charge is -2.42. The highest BCUT2D eigenvalue weighted by Crippen LogP contribution is 2.67. The number of ether oxygens (including phenoxy) is 2. The second-order valence-electron chi connectivity index (χ2n) is 19.2. The standard InChI is InChI=1S/C64H39NO2/c1-62-47-18-5-2-15-41(47)44-32-29-39(36-56(44)62)65(38-31-34-50-46(35-38)43-17-4-7-20-49(43)63(50)51-21-8-11-26-58(51)66-59-27-12-9-22-52(59)63)40-30-33-45-42-16-3-6-19-48(42)64(57(45)37-40)53-23-10-13-28-60(53)67-61-54(62)24-14-25-55(61)64/h2-37H,1H3. The first kappa shape index (κ1) is 35.9. The molecular weight excluding hydrogens is 815 g/mol. The molecule has 3 nitrogen and oxygen atoms in total. The van der Waals surface area contributed by atoms with E-state index in [1.165, 1.54) is 94.6 Å². The predicted molar refractivity (Wildman–Crippen MR) is 267 cm³/mol. The van der Waals surface area contributed by atoms with Gasteiger partial charge in [-0.25, -0.2) is 0 Å². The lowest BCUT2D eigenvalue weighted by atomic mass is 9.64. The van der Waals surface area contributed by atoms with Crippen molar-refractivity contribution in [2.75, 3.05) is 4.90 Å². The number of rotatable bonds is 1. The third-order valence-electron chi connectivity index (χ3n) is 16.4. The van der Waals surface area contributed by atoms with Crippen molar-refractivity contribution < 1.29 is 9.47 Å². The smallest absolute Gasteiger partial charge is 0.136 e. The zero-order valence-electron chi connectivity index (χ0n) is 36.5. The van der Waals surface area contributed by atoms with Crippen molar-refractivity contribution in [3.05, 3.63) is 280 Å². The van der Waals surface area contributed by atoms with Gasteiger partial charge in [-0.2, -0.15) is 0 Å². The van der Waals surface area contributed by atoms with Crippen molar-refractivity contribution in [3.63, 3.8) is 0 Å². The predicted octanol–water partition coefficient (Wildman–Crippen LogP) is 15.7. The van der Waals surface area contributed by atoms with E-state index in [-0.39, 0.29) is 0 Å². The van der Waals surface area contributed by atoms with Crippen molar-refractivity contribution >= 4 is 17.1 Å². The summed E-state index contributed by atoms with van der Waals surface area (Å²) in [6, 6.07) is 81.6. The van der Waals surface area contributed by atoms with Crippen LogP contribution in [0.3, 0.4) is 0 Å². The van der Waals surface area contributed by atoms with Crippen molar-refractivity contribution in [3.8, 4) is 56.4 Å². The van der Waals surface area contributed by atoms with Gasteiger partial charge in [0.25, 0.3) is 0 Å². The fourth-order valence-electron chi connectivity index (χ4n) is 13.8. The van der Waals surface area contributed by atoms with E-state index in [9.17, 15) is 0 Å². The molecule has 0 fully saturated rings. The molecule has 0 saturated carbocycles. The first-order chi connectivity index (χ1) is 33.1. The molecule has 0 aromatic heterocycles. The van der Waals surface area contributed by atoms with Crippen LogP contribution < -0.4 is 14.4 Å². The van der Waals surface area contributed by atoms with Gasteiger partial charge in [-0.1, -0.05) is 164 Å². The minimum absolute atomic E-state index is 0.534. The molecule has 3 aliphatic carbocycles. The van der Waals surface area contributed by atoms with Crippen LogP contribution >= 0.6 is 0 Å². The molecule has 0 saturated heterocycles. The van der Waals surface area contributed by atoms with Gasteiger partial charge in [0, 0.05) is 50.3 Å². The zero-order valence-corrected chi connectivity index (χ0v) is 36.5. The van der Waals surface area contributed by atoms with Crippen molar-refractivity contribution in [2.24, 2.45) is 0 Å². The van der Waals surface area contributed by atoms with Crippen LogP contribution in [-0.2, 0) is 16.2 Å².